The number of imidazole rings is 1. The molecule has 140 valence electrons. The smallest absolute Gasteiger partial charge is 0.229 e. The number of nitrogens with one attached hydrogen (secondary N) is 2. The summed E-state index contributed by atoms with van der Waals surface area (Å²) >= 11 is 0. The maximum absolute atomic E-state index is 12.9. The Labute approximate surface area is 157 Å². The van der Waals surface area contributed by atoms with Crippen LogP contribution in [0.4, 0.5) is 5.82 Å². The molecule has 1 unspecified atom stereocenters. The van der Waals surface area contributed by atoms with Gasteiger partial charge >= 0.3 is 0 Å². The quantitative estimate of drug-likeness (QED) is 0.744. The Hall–Kier alpha value is -3.09. The van der Waals surface area contributed by atoms with Crippen LogP contribution in [0.15, 0.2) is 30.5 Å². The third kappa shape index (κ3) is 3.32. The Balaban J connectivity index is 1.56. The molecule has 3 heterocycles. The number of aromatic amines is 1. The summed E-state index contributed by atoms with van der Waals surface area (Å²) in [5.74, 6) is 2.17. The molecular formula is C20H23N5O2. The highest BCUT2D eigenvalue weighted by Gasteiger charge is 2.27. The minimum absolute atomic E-state index is 0.0162. The van der Waals surface area contributed by atoms with Crippen LogP contribution in [0.25, 0.3) is 11.1 Å². The fraction of sp³-hybridized carbons (Fsp3) is 0.350. The lowest BCUT2D eigenvalue weighted by Gasteiger charge is -2.22. The Morgan fingerprint density at radius 1 is 1.37 bits per heavy atom. The normalized spacial score (nSPS) is 16.0. The molecule has 1 aliphatic rings. The van der Waals surface area contributed by atoms with Crippen molar-refractivity contribution in [1.29, 1.82) is 0 Å². The second kappa shape index (κ2) is 6.90. The molecule has 1 atom stereocenters. The molecule has 1 aromatic carbocycles. The fourth-order valence-corrected chi connectivity index (χ4v) is 3.66. The first-order valence-corrected chi connectivity index (χ1v) is 9.08. The van der Waals surface area contributed by atoms with E-state index in [4.69, 9.17) is 4.74 Å². The molecule has 3 aromatic rings. The average molecular weight is 365 g/mol. The Bertz CT molecular complexity index is 988. The van der Waals surface area contributed by atoms with E-state index in [1.54, 1.807) is 7.11 Å². The molecule has 0 fully saturated rings. The van der Waals surface area contributed by atoms with E-state index in [0.717, 1.165) is 47.1 Å². The van der Waals surface area contributed by atoms with Crippen LogP contribution in [0.5, 0.6) is 5.75 Å². The highest BCUT2D eigenvalue weighted by atomic mass is 16.5. The van der Waals surface area contributed by atoms with Gasteiger partial charge in [-0.15, -0.1) is 0 Å². The van der Waals surface area contributed by atoms with Gasteiger partial charge in [-0.2, -0.15) is 5.10 Å². The van der Waals surface area contributed by atoms with Crippen LogP contribution in [0.2, 0.25) is 0 Å². The number of rotatable bonds is 4. The first kappa shape index (κ1) is 17.3. The number of nitrogens with zero attached hydrogens (tertiary/aromatic N) is 3. The van der Waals surface area contributed by atoms with Crippen molar-refractivity contribution >= 4 is 11.7 Å². The summed E-state index contributed by atoms with van der Waals surface area (Å²) in [4.78, 5) is 17.4. The average Bonchev–Trinajstić information content (AvgIpc) is 3.22. The van der Waals surface area contributed by atoms with Crippen molar-refractivity contribution in [2.45, 2.75) is 33.2 Å². The number of benzene rings is 1. The van der Waals surface area contributed by atoms with Crippen LogP contribution in [-0.4, -0.2) is 32.8 Å². The van der Waals surface area contributed by atoms with Gasteiger partial charge in [0.05, 0.1) is 12.8 Å². The number of aryl methyl sites for hydroxylation is 3. The Morgan fingerprint density at radius 2 is 2.22 bits per heavy atom. The van der Waals surface area contributed by atoms with Crippen molar-refractivity contribution in [2.24, 2.45) is 5.92 Å². The maximum atomic E-state index is 12.9. The van der Waals surface area contributed by atoms with Crippen LogP contribution in [0.3, 0.4) is 0 Å². The lowest BCUT2D eigenvalue weighted by molar-refractivity contribution is -0.120. The molecule has 1 amide bonds. The fourth-order valence-electron chi connectivity index (χ4n) is 3.66. The van der Waals surface area contributed by atoms with Gasteiger partial charge in [-0.3, -0.25) is 9.89 Å². The number of amides is 1. The molecule has 7 heteroatoms. The number of anilines is 1. The SMILES string of the molecule is COc1cccc(-c2c(NC(=O)C3CCn4cc(C)nc4C3)n[nH]c2C)c1. The predicted octanol–water partition coefficient (Wildman–Crippen LogP) is 3.10. The van der Waals surface area contributed by atoms with E-state index in [1.165, 1.54) is 0 Å². The minimum atomic E-state index is -0.102. The number of hydrogen-bond acceptors (Lipinski definition) is 4. The molecular weight excluding hydrogens is 342 g/mol. The van der Waals surface area contributed by atoms with Gasteiger partial charge in [0, 0.05) is 36.3 Å². The van der Waals surface area contributed by atoms with Crippen molar-refractivity contribution in [3.05, 3.63) is 47.7 Å². The molecule has 1 aliphatic heterocycles. The third-order valence-corrected chi connectivity index (χ3v) is 5.05. The van der Waals surface area contributed by atoms with E-state index < -0.39 is 0 Å². The molecule has 2 N–H and O–H groups in total. The maximum Gasteiger partial charge on any atom is 0.229 e. The lowest BCUT2D eigenvalue weighted by atomic mass is 9.96. The van der Waals surface area contributed by atoms with E-state index in [1.807, 2.05) is 44.3 Å². The van der Waals surface area contributed by atoms with Gasteiger partial charge in [0.2, 0.25) is 5.91 Å². The molecule has 0 aliphatic carbocycles. The largest absolute Gasteiger partial charge is 0.497 e. The monoisotopic (exact) mass is 365 g/mol. The van der Waals surface area contributed by atoms with Gasteiger partial charge in [0.1, 0.15) is 11.6 Å². The zero-order valence-corrected chi connectivity index (χ0v) is 15.7. The van der Waals surface area contributed by atoms with Crippen LogP contribution < -0.4 is 10.1 Å². The highest BCUT2D eigenvalue weighted by Crippen LogP contribution is 2.32. The van der Waals surface area contributed by atoms with E-state index in [2.05, 4.69) is 25.1 Å². The first-order chi connectivity index (χ1) is 13.0. The molecule has 7 nitrogen and oxygen atoms in total. The first-order valence-electron chi connectivity index (χ1n) is 9.08. The number of H-pyrrole nitrogens is 1. The summed E-state index contributed by atoms with van der Waals surface area (Å²) in [5, 5.41) is 10.3. The molecule has 0 spiro atoms. The number of hydrogen-bond donors (Lipinski definition) is 2. The standard InChI is InChI=1S/C20H23N5O2/c1-12-11-25-8-7-15(10-17(25)21-12)20(26)22-19-18(13(2)23-24-19)14-5-4-6-16(9-14)27-3/h4-6,9,11,15H,7-8,10H2,1-3H3,(H2,22,23,24,26). The number of fused-ring (bicyclic) bond motifs is 1. The van der Waals surface area contributed by atoms with Crippen LogP contribution in [0, 0.1) is 19.8 Å². The number of carbonyl (C=O) groups is 1. The van der Waals surface area contributed by atoms with E-state index in [9.17, 15) is 4.79 Å². The number of methoxy groups -OCH3 is 1. The topological polar surface area (TPSA) is 84.8 Å². The highest BCUT2D eigenvalue weighted by molar-refractivity contribution is 5.96. The lowest BCUT2D eigenvalue weighted by Crippen LogP contribution is -2.30. The number of carbonyl (C=O) groups excluding carboxylic acids is 1. The second-order valence-corrected chi connectivity index (χ2v) is 6.98. The molecule has 0 saturated heterocycles. The molecule has 0 saturated carbocycles. The molecule has 4 rings (SSSR count). The zero-order valence-electron chi connectivity index (χ0n) is 15.7. The molecule has 2 aromatic heterocycles. The van der Waals surface area contributed by atoms with Crippen molar-refractivity contribution in [3.8, 4) is 16.9 Å². The molecule has 0 radical (unpaired) electrons. The number of ether oxygens (including phenoxy) is 1. The summed E-state index contributed by atoms with van der Waals surface area (Å²) in [6, 6.07) is 7.74. The van der Waals surface area contributed by atoms with Crippen molar-refractivity contribution in [3.63, 3.8) is 0 Å². The van der Waals surface area contributed by atoms with Crippen LogP contribution in [0.1, 0.15) is 23.6 Å². The van der Waals surface area contributed by atoms with Gasteiger partial charge in [-0.25, -0.2) is 4.98 Å². The molecule has 0 bridgehead atoms. The summed E-state index contributed by atoms with van der Waals surface area (Å²) in [5.41, 5.74) is 3.73. The van der Waals surface area contributed by atoms with Crippen molar-refractivity contribution in [1.82, 2.24) is 19.7 Å². The summed E-state index contributed by atoms with van der Waals surface area (Å²) in [6.07, 6.45) is 3.49. The van der Waals surface area contributed by atoms with E-state index in [0.29, 0.717) is 12.2 Å². The van der Waals surface area contributed by atoms with E-state index in [-0.39, 0.29) is 11.8 Å². The zero-order chi connectivity index (χ0) is 19.0. The third-order valence-electron chi connectivity index (χ3n) is 5.05. The Kier molecular flexibility index (Phi) is 4.43. The number of aromatic nitrogens is 4. The summed E-state index contributed by atoms with van der Waals surface area (Å²) in [6.45, 7) is 4.74. The Morgan fingerprint density at radius 3 is 3.04 bits per heavy atom. The van der Waals surface area contributed by atoms with Gasteiger partial charge in [-0.05, 0) is 38.0 Å². The van der Waals surface area contributed by atoms with Gasteiger partial charge in [0.25, 0.3) is 0 Å². The second-order valence-electron chi connectivity index (χ2n) is 6.98. The van der Waals surface area contributed by atoms with Crippen LogP contribution in [-0.2, 0) is 17.8 Å². The van der Waals surface area contributed by atoms with Crippen LogP contribution >= 0.6 is 0 Å². The molecule has 27 heavy (non-hydrogen) atoms. The van der Waals surface area contributed by atoms with Gasteiger partial charge in [-0.1, -0.05) is 12.1 Å². The summed E-state index contributed by atoms with van der Waals surface area (Å²) in [7, 11) is 1.64. The van der Waals surface area contributed by atoms with Gasteiger partial charge < -0.3 is 14.6 Å². The van der Waals surface area contributed by atoms with E-state index >= 15 is 0 Å². The summed E-state index contributed by atoms with van der Waals surface area (Å²) < 4.78 is 7.46. The van der Waals surface area contributed by atoms with Gasteiger partial charge in [0.15, 0.2) is 5.82 Å². The predicted molar refractivity (Wildman–Crippen MR) is 103 cm³/mol. The van der Waals surface area contributed by atoms with Crippen molar-refractivity contribution in [2.75, 3.05) is 12.4 Å². The van der Waals surface area contributed by atoms with Crippen molar-refractivity contribution < 1.29 is 9.53 Å². The minimum Gasteiger partial charge on any atom is -0.497 e.